The molecule has 0 aromatic heterocycles. The van der Waals surface area contributed by atoms with E-state index < -0.39 is 0 Å². The van der Waals surface area contributed by atoms with E-state index in [0.29, 0.717) is 18.6 Å². The summed E-state index contributed by atoms with van der Waals surface area (Å²) in [6, 6.07) is 8.22. The number of nitrogens with one attached hydrogen (secondary N) is 1. The van der Waals surface area contributed by atoms with E-state index in [2.05, 4.69) is 29.4 Å². The number of anilines is 1. The molecule has 6 heteroatoms. The molecular weight excluding hydrogens is 405 g/mol. The first-order valence-electron chi connectivity index (χ1n) is 8.13. The van der Waals surface area contributed by atoms with Crippen LogP contribution in [0.5, 0.6) is 0 Å². The van der Waals surface area contributed by atoms with E-state index in [1.54, 1.807) is 0 Å². The molecule has 0 amide bonds. The third-order valence-electron chi connectivity index (χ3n) is 3.71. The largest absolute Gasteiger partial charge is 0.381 e. The van der Waals surface area contributed by atoms with E-state index in [0.717, 1.165) is 51.2 Å². The van der Waals surface area contributed by atoms with Crippen molar-refractivity contribution in [2.24, 2.45) is 10.7 Å². The quantitative estimate of drug-likeness (QED) is 0.300. The number of hydrogen-bond donors (Lipinski definition) is 2. The van der Waals surface area contributed by atoms with Crippen molar-refractivity contribution < 1.29 is 9.47 Å². The third kappa shape index (κ3) is 7.99. The van der Waals surface area contributed by atoms with Gasteiger partial charge in [0.15, 0.2) is 5.96 Å². The maximum Gasteiger partial charge on any atom is 0.193 e. The molecule has 0 aliphatic carbocycles. The molecule has 1 aliphatic rings. The fraction of sp³-hybridized carbons (Fsp3) is 0.588. The van der Waals surface area contributed by atoms with Crippen LogP contribution in [0.2, 0.25) is 0 Å². The van der Waals surface area contributed by atoms with Gasteiger partial charge in [-0.1, -0.05) is 19.1 Å². The standard InChI is InChI=1S/C17H27N3O2.HI/c1-2-14-5-3-6-15(13-14)20-17(18)19-9-4-10-22-16-7-11-21-12-8-16;/h3,5-6,13,16H,2,4,7-12H2,1H3,(H3,18,19,20);1H. The Balaban J connectivity index is 0.00000264. The second-order valence-corrected chi connectivity index (χ2v) is 5.48. The van der Waals surface area contributed by atoms with Gasteiger partial charge in [0.1, 0.15) is 0 Å². The lowest BCUT2D eigenvalue weighted by Crippen LogP contribution is -2.24. The van der Waals surface area contributed by atoms with Crippen molar-refractivity contribution in [3.05, 3.63) is 29.8 Å². The van der Waals surface area contributed by atoms with Crippen LogP contribution in [0.25, 0.3) is 0 Å². The van der Waals surface area contributed by atoms with Crippen LogP contribution >= 0.6 is 24.0 Å². The topological polar surface area (TPSA) is 68.9 Å². The first-order valence-corrected chi connectivity index (χ1v) is 8.13. The molecule has 130 valence electrons. The summed E-state index contributed by atoms with van der Waals surface area (Å²) in [5.74, 6) is 0.458. The predicted molar refractivity (Wildman–Crippen MR) is 106 cm³/mol. The number of aliphatic imine (C=N–C) groups is 1. The van der Waals surface area contributed by atoms with Gasteiger partial charge in [-0.05, 0) is 43.4 Å². The highest BCUT2D eigenvalue weighted by molar-refractivity contribution is 14.0. The van der Waals surface area contributed by atoms with Crippen molar-refractivity contribution in [1.29, 1.82) is 0 Å². The Kier molecular flexibility index (Phi) is 10.2. The summed E-state index contributed by atoms with van der Waals surface area (Å²) in [5, 5.41) is 3.13. The number of nitrogens with zero attached hydrogens (tertiary/aromatic N) is 1. The Hall–Kier alpha value is -0.860. The molecular formula is C17H28IN3O2. The minimum Gasteiger partial charge on any atom is -0.381 e. The Morgan fingerprint density at radius 3 is 2.91 bits per heavy atom. The van der Waals surface area contributed by atoms with E-state index in [9.17, 15) is 0 Å². The van der Waals surface area contributed by atoms with E-state index in [4.69, 9.17) is 15.2 Å². The number of aryl methyl sites for hydroxylation is 1. The van der Waals surface area contributed by atoms with Crippen LogP contribution < -0.4 is 11.1 Å². The van der Waals surface area contributed by atoms with E-state index >= 15 is 0 Å². The Morgan fingerprint density at radius 2 is 2.17 bits per heavy atom. The first-order chi connectivity index (χ1) is 10.8. The van der Waals surface area contributed by atoms with Gasteiger partial charge in [0.2, 0.25) is 0 Å². The molecule has 0 radical (unpaired) electrons. The molecule has 5 nitrogen and oxygen atoms in total. The van der Waals surface area contributed by atoms with E-state index in [1.807, 2.05) is 12.1 Å². The van der Waals surface area contributed by atoms with Crippen molar-refractivity contribution in [1.82, 2.24) is 0 Å². The zero-order valence-electron chi connectivity index (χ0n) is 13.8. The summed E-state index contributed by atoms with van der Waals surface area (Å²) in [5.41, 5.74) is 8.17. The zero-order chi connectivity index (χ0) is 15.6. The molecule has 2 rings (SSSR count). The highest BCUT2D eigenvalue weighted by atomic mass is 127. The molecule has 0 atom stereocenters. The number of halogens is 1. The van der Waals surface area contributed by atoms with Gasteiger partial charge in [0.05, 0.1) is 6.10 Å². The molecule has 3 N–H and O–H groups in total. The van der Waals surface area contributed by atoms with Crippen molar-refractivity contribution in [2.75, 3.05) is 31.7 Å². The smallest absolute Gasteiger partial charge is 0.193 e. The van der Waals surface area contributed by atoms with Gasteiger partial charge in [-0.25, -0.2) is 0 Å². The summed E-state index contributed by atoms with van der Waals surface area (Å²) >= 11 is 0. The van der Waals surface area contributed by atoms with E-state index in [1.165, 1.54) is 5.56 Å². The van der Waals surface area contributed by atoms with Gasteiger partial charge in [0, 0.05) is 32.1 Å². The lowest BCUT2D eigenvalue weighted by atomic mass is 10.1. The van der Waals surface area contributed by atoms with Gasteiger partial charge in [-0.15, -0.1) is 24.0 Å². The number of nitrogens with two attached hydrogens (primary N) is 1. The van der Waals surface area contributed by atoms with Crippen LogP contribution in [-0.4, -0.2) is 38.4 Å². The van der Waals surface area contributed by atoms with Crippen LogP contribution in [0.15, 0.2) is 29.3 Å². The molecule has 0 unspecified atom stereocenters. The SMILES string of the molecule is CCc1cccc(NC(N)=NCCCOC2CCOCC2)c1.I. The number of benzene rings is 1. The number of hydrogen-bond acceptors (Lipinski definition) is 3. The van der Waals surface area contributed by atoms with Crippen molar-refractivity contribution >= 4 is 35.6 Å². The predicted octanol–water partition coefficient (Wildman–Crippen LogP) is 3.18. The van der Waals surface area contributed by atoms with Gasteiger partial charge >= 0.3 is 0 Å². The minimum atomic E-state index is 0. The van der Waals surface area contributed by atoms with Crippen LogP contribution in [0, 0.1) is 0 Å². The normalized spacial score (nSPS) is 16.0. The second-order valence-electron chi connectivity index (χ2n) is 5.48. The molecule has 0 bridgehead atoms. The molecule has 1 aliphatic heterocycles. The molecule has 1 fully saturated rings. The molecule has 23 heavy (non-hydrogen) atoms. The van der Waals surface area contributed by atoms with Crippen molar-refractivity contribution in [3.63, 3.8) is 0 Å². The average Bonchev–Trinajstić information content (AvgIpc) is 2.55. The van der Waals surface area contributed by atoms with Gasteiger partial charge in [0.25, 0.3) is 0 Å². The monoisotopic (exact) mass is 433 g/mol. The maximum absolute atomic E-state index is 5.90. The van der Waals surface area contributed by atoms with Crippen LogP contribution in [0.1, 0.15) is 31.7 Å². The van der Waals surface area contributed by atoms with E-state index in [-0.39, 0.29) is 24.0 Å². The third-order valence-corrected chi connectivity index (χ3v) is 3.71. The highest BCUT2D eigenvalue weighted by Gasteiger charge is 2.13. The highest BCUT2D eigenvalue weighted by Crippen LogP contribution is 2.11. The van der Waals surface area contributed by atoms with Crippen LogP contribution in [0.4, 0.5) is 5.69 Å². The van der Waals surface area contributed by atoms with Crippen LogP contribution in [0.3, 0.4) is 0 Å². The Labute approximate surface area is 156 Å². The average molecular weight is 433 g/mol. The second kappa shape index (κ2) is 11.6. The molecule has 1 saturated heterocycles. The van der Waals surface area contributed by atoms with Gasteiger partial charge in [-0.2, -0.15) is 0 Å². The first kappa shape index (κ1) is 20.2. The summed E-state index contributed by atoms with van der Waals surface area (Å²) in [6.07, 6.45) is 4.25. The summed E-state index contributed by atoms with van der Waals surface area (Å²) in [4.78, 5) is 4.34. The van der Waals surface area contributed by atoms with Crippen molar-refractivity contribution in [3.8, 4) is 0 Å². The lowest BCUT2D eigenvalue weighted by molar-refractivity contribution is -0.0318. The van der Waals surface area contributed by atoms with Gasteiger partial charge in [-0.3, -0.25) is 4.99 Å². The zero-order valence-corrected chi connectivity index (χ0v) is 16.1. The molecule has 0 spiro atoms. The Morgan fingerprint density at radius 1 is 1.39 bits per heavy atom. The maximum atomic E-state index is 5.90. The van der Waals surface area contributed by atoms with Gasteiger partial charge < -0.3 is 20.5 Å². The Bertz CT molecular complexity index is 477. The van der Waals surface area contributed by atoms with Crippen molar-refractivity contribution in [2.45, 2.75) is 38.7 Å². The molecule has 0 saturated carbocycles. The summed E-state index contributed by atoms with van der Waals surface area (Å²) in [7, 11) is 0. The molecule has 1 heterocycles. The fourth-order valence-corrected chi connectivity index (χ4v) is 2.41. The number of guanidine groups is 1. The summed E-state index contributed by atoms with van der Waals surface area (Å²) in [6.45, 7) is 5.17. The lowest BCUT2D eigenvalue weighted by Gasteiger charge is -2.22. The number of rotatable bonds is 7. The molecule has 1 aromatic carbocycles. The number of ether oxygens (including phenoxy) is 2. The van der Waals surface area contributed by atoms with Crippen LogP contribution in [-0.2, 0) is 15.9 Å². The fourth-order valence-electron chi connectivity index (χ4n) is 2.41. The molecule has 1 aromatic rings. The summed E-state index contributed by atoms with van der Waals surface area (Å²) < 4.78 is 11.1. The minimum absolute atomic E-state index is 0.